The van der Waals surface area contributed by atoms with Gasteiger partial charge in [0.05, 0.1) is 24.1 Å². The molecule has 0 radical (unpaired) electrons. The number of likely N-dealkylation sites (tertiary alicyclic amines) is 1. The Morgan fingerprint density at radius 2 is 1.75 bits per heavy atom. The number of imidazole rings is 1. The zero-order chi connectivity index (χ0) is 18.6. The van der Waals surface area contributed by atoms with Gasteiger partial charge in [-0.3, -0.25) is 4.90 Å². The molecule has 4 rings (SSSR count). The highest BCUT2D eigenvalue weighted by Crippen LogP contribution is 2.20. The van der Waals surface area contributed by atoms with E-state index in [9.17, 15) is 0 Å². The monoisotopic (exact) mass is 399 g/mol. The fourth-order valence-corrected chi connectivity index (χ4v) is 3.87. The van der Waals surface area contributed by atoms with Gasteiger partial charge in [-0.25, -0.2) is 4.98 Å². The van der Waals surface area contributed by atoms with Crippen molar-refractivity contribution in [3.05, 3.63) is 59.4 Å². The molecule has 0 amide bonds. The van der Waals surface area contributed by atoms with Gasteiger partial charge in [-0.1, -0.05) is 24.6 Å². The van der Waals surface area contributed by atoms with Crippen molar-refractivity contribution in [2.75, 3.05) is 19.7 Å². The molecule has 0 N–H and O–H groups in total. The Balaban J connectivity index is 0.00000225. The summed E-state index contributed by atoms with van der Waals surface area (Å²) in [6.45, 7) is 9.02. The molecule has 1 saturated heterocycles. The lowest BCUT2D eigenvalue weighted by molar-refractivity contribution is 0.211. The molecular formula is C23H30ClN3O. The van der Waals surface area contributed by atoms with E-state index in [-0.39, 0.29) is 12.4 Å². The number of fused-ring (bicyclic) bond motifs is 1. The van der Waals surface area contributed by atoms with Crippen LogP contribution in [0.5, 0.6) is 5.75 Å². The minimum absolute atomic E-state index is 0. The van der Waals surface area contributed by atoms with Crippen molar-refractivity contribution in [2.24, 2.45) is 0 Å². The van der Waals surface area contributed by atoms with Gasteiger partial charge < -0.3 is 9.30 Å². The van der Waals surface area contributed by atoms with E-state index in [1.54, 1.807) is 0 Å². The molecule has 0 saturated carbocycles. The minimum atomic E-state index is 0. The van der Waals surface area contributed by atoms with Crippen LogP contribution >= 0.6 is 12.4 Å². The normalized spacial score (nSPS) is 14.8. The number of rotatable bonds is 6. The van der Waals surface area contributed by atoms with E-state index >= 15 is 0 Å². The number of halogens is 1. The first-order valence-corrected chi connectivity index (χ1v) is 10.1. The molecule has 0 atom stereocenters. The van der Waals surface area contributed by atoms with E-state index in [0.29, 0.717) is 6.61 Å². The number of piperidine rings is 1. The van der Waals surface area contributed by atoms with Crippen LogP contribution in [-0.2, 0) is 13.1 Å². The zero-order valence-electron chi connectivity index (χ0n) is 16.9. The summed E-state index contributed by atoms with van der Waals surface area (Å²) in [7, 11) is 0. The van der Waals surface area contributed by atoms with Crippen LogP contribution in [0.3, 0.4) is 0 Å². The molecule has 1 aliphatic heterocycles. The summed E-state index contributed by atoms with van der Waals surface area (Å²) in [5.41, 5.74) is 4.85. The largest absolute Gasteiger partial charge is 0.492 e. The molecule has 3 aromatic rings. The Bertz CT molecular complexity index is 915. The number of para-hydroxylation sites is 2. The van der Waals surface area contributed by atoms with E-state index in [2.05, 4.69) is 65.8 Å². The number of hydrogen-bond acceptors (Lipinski definition) is 3. The van der Waals surface area contributed by atoms with Crippen molar-refractivity contribution in [3.8, 4) is 5.75 Å². The van der Waals surface area contributed by atoms with Gasteiger partial charge >= 0.3 is 0 Å². The second-order valence-corrected chi connectivity index (χ2v) is 7.60. The second-order valence-electron chi connectivity index (χ2n) is 7.60. The fraction of sp³-hybridized carbons (Fsp3) is 0.435. The van der Waals surface area contributed by atoms with E-state index in [4.69, 9.17) is 9.72 Å². The van der Waals surface area contributed by atoms with E-state index in [1.807, 2.05) is 0 Å². The Morgan fingerprint density at radius 1 is 0.964 bits per heavy atom. The van der Waals surface area contributed by atoms with Gasteiger partial charge in [-0.2, -0.15) is 0 Å². The van der Waals surface area contributed by atoms with Crippen LogP contribution in [0.25, 0.3) is 11.0 Å². The van der Waals surface area contributed by atoms with Crippen LogP contribution in [0.15, 0.2) is 42.5 Å². The Kier molecular flexibility index (Phi) is 6.97. The van der Waals surface area contributed by atoms with E-state index in [0.717, 1.165) is 30.2 Å². The van der Waals surface area contributed by atoms with Gasteiger partial charge in [0.25, 0.3) is 0 Å². The number of hydrogen-bond donors (Lipinski definition) is 0. The summed E-state index contributed by atoms with van der Waals surface area (Å²) >= 11 is 0. The third kappa shape index (κ3) is 4.68. The Labute approximate surface area is 173 Å². The summed E-state index contributed by atoms with van der Waals surface area (Å²) in [5, 5.41) is 0. The molecule has 5 heteroatoms. The molecule has 2 aromatic carbocycles. The number of ether oxygens (including phenoxy) is 1. The van der Waals surface area contributed by atoms with Crippen molar-refractivity contribution in [2.45, 2.75) is 46.2 Å². The zero-order valence-corrected chi connectivity index (χ0v) is 17.7. The van der Waals surface area contributed by atoms with Gasteiger partial charge in [0.15, 0.2) is 0 Å². The first-order valence-electron chi connectivity index (χ1n) is 10.1. The maximum atomic E-state index is 6.05. The molecule has 0 unspecified atom stereocenters. The lowest BCUT2D eigenvalue weighted by Crippen LogP contribution is -2.30. The first-order chi connectivity index (χ1) is 13.2. The molecule has 0 aliphatic carbocycles. The Hall–Kier alpha value is -2.04. The summed E-state index contributed by atoms with van der Waals surface area (Å²) in [5.74, 6) is 2.10. The van der Waals surface area contributed by atoms with Crippen LogP contribution in [0, 0.1) is 13.8 Å². The molecular weight excluding hydrogens is 370 g/mol. The van der Waals surface area contributed by atoms with Crippen LogP contribution in [-0.4, -0.2) is 34.1 Å². The van der Waals surface area contributed by atoms with Crippen LogP contribution in [0.4, 0.5) is 0 Å². The minimum Gasteiger partial charge on any atom is -0.492 e. The predicted molar refractivity (Wildman–Crippen MR) is 118 cm³/mol. The van der Waals surface area contributed by atoms with Crippen molar-refractivity contribution in [1.29, 1.82) is 0 Å². The molecule has 150 valence electrons. The molecule has 28 heavy (non-hydrogen) atoms. The van der Waals surface area contributed by atoms with Crippen LogP contribution in [0.1, 0.15) is 36.2 Å². The number of nitrogens with zero attached hydrogens (tertiary/aromatic N) is 3. The van der Waals surface area contributed by atoms with Crippen molar-refractivity contribution in [3.63, 3.8) is 0 Å². The topological polar surface area (TPSA) is 30.3 Å². The van der Waals surface area contributed by atoms with Gasteiger partial charge in [0.2, 0.25) is 0 Å². The lowest BCUT2D eigenvalue weighted by atomic mass is 10.1. The molecule has 1 fully saturated rings. The highest BCUT2D eigenvalue weighted by atomic mass is 35.5. The summed E-state index contributed by atoms with van der Waals surface area (Å²) in [4.78, 5) is 7.46. The average molecular weight is 400 g/mol. The number of aryl methyl sites for hydroxylation is 2. The highest BCUT2D eigenvalue weighted by Gasteiger charge is 2.16. The SMILES string of the molecule is Cc1ccc(OCCn2c(CN3CCCCC3)nc3ccccc32)cc1C.Cl. The maximum Gasteiger partial charge on any atom is 0.124 e. The molecule has 2 heterocycles. The molecule has 4 nitrogen and oxygen atoms in total. The van der Waals surface area contributed by atoms with Crippen molar-refractivity contribution >= 4 is 23.4 Å². The summed E-state index contributed by atoms with van der Waals surface area (Å²) in [6.07, 6.45) is 3.96. The quantitative estimate of drug-likeness (QED) is 0.574. The second kappa shape index (κ2) is 9.44. The van der Waals surface area contributed by atoms with Crippen molar-refractivity contribution < 1.29 is 4.74 Å². The predicted octanol–water partition coefficient (Wildman–Crippen LogP) is 5.14. The number of aromatic nitrogens is 2. The lowest BCUT2D eigenvalue weighted by Gasteiger charge is -2.26. The third-order valence-corrected chi connectivity index (χ3v) is 5.61. The van der Waals surface area contributed by atoms with Crippen LogP contribution in [0.2, 0.25) is 0 Å². The van der Waals surface area contributed by atoms with Gasteiger partial charge in [-0.05, 0) is 75.2 Å². The fourth-order valence-electron chi connectivity index (χ4n) is 3.87. The maximum absolute atomic E-state index is 6.05. The summed E-state index contributed by atoms with van der Waals surface area (Å²) in [6, 6.07) is 14.7. The van der Waals surface area contributed by atoms with E-state index in [1.165, 1.54) is 49.0 Å². The molecule has 1 aliphatic rings. The third-order valence-electron chi connectivity index (χ3n) is 5.61. The van der Waals surface area contributed by atoms with Crippen LogP contribution < -0.4 is 4.74 Å². The summed E-state index contributed by atoms with van der Waals surface area (Å²) < 4.78 is 8.39. The van der Waals surface area contributed by atoms with Crippen molar-refractivity contribution in [1.82, 2.24) is 14.5 Å². The highest BCUT2D eigenvalue weighted by molar-refractivity contribution is 5.85. The van der Waals surface area contributed by atoms with Gasteiger partial charge in [0.1, 0.15) is 18.2 Å². The van der Waals surface area contributed by atoms with Gasteiger partial charge in [-0.15, -0.1) is 12.4 Å². The molecule has 0 spiro atoms. The smallest absolute Gasteiger partial charge is 0.124 e. The average Bonchev–Trinajstić information content (AvgIpc) is 3.03. The number of benzene rings is 2. The standard InChI is InChI=1S/C23H29N3O.ClH/c1-18-10-11-20(16-19(18)2)27-15-14-26-22-9-5-4-8-21(22)24-23(26)17-25-12-6-3-7-13-25;/h4-5,8-11,16H,3,6-7,12-15,17H2,1-2H3;1H. The van der Waals surface area contributed by atoms with E-state index < -0.39 is 0 Å². The van der Waals surface area contributed by atoms with Gasteiger partial charge in [0, 0.05) is 0 Å². The first kappa shape index (κ1) is 20.7. The Morgan fingerprint density at radius 3 is 2.54 bits per heavy atom. The molecule has 0 bridgehead atoms. The molecule has 1 aromatic heterocycles.